The van der Waals surface area contributed by atoms with Crippen molar-refractivity contribution in [1.29, 1.82) is 0 Å². The van der Waals surface area contributed by atoms with Crippen molar-refractivity contribution >= 4 is 5.97 Å². The Hall–Kier alpha value is -0.650. The number of nitrogens with zero attached hydrogens (tertiary/aromatic N) is 1. The summed E-state index contributed by atoms with van der Waals surface area (Å²) in [6.07, 6.45) is 0. The Morgan fingerprint density at radius 3 is 2.46 bits per heavy atom. The lowest BCUT2D eigenvalue weighted by atomic mass is 10.0. The Labute approximate surface area is 77.3 Å². The van der Waals surface area contributed by atoms with Gasteiger partial charge < -0.3 is 15.5 Å². The summed E-state index contributed by atoms with van der Waals surface area (Å²) in [5.41, 5.74) is -1.12. The van der Waals surface area contributed by atoms with Crippen LogP contribution >= 0.6 is 0 Å². The van der Waals surface area contributed by atoms with Crippen LogP contribution in [0.4, 0.5) is 0 Å². The van der Waals surface area contributed by atoms with Gasteiger partial charge in [0, 0.05) is 26.2 Å². The number of aliphatic carboxylic acids is 1. The number of carboxylic acid groups (broad SMARTS) is 1. The number of piperazine rings is 1. The average Bonchev–Trinajstić information content (AvgIpc) is 2.17. The van der Waals surface area contributed by atoms with Crippen LogP contribution < -0.4 is 5.32 Å². The summed E-state index contributed by atoms with van der Waals surface area (Å²) < 4.78 is 0. The lowest BCUT2D eigenvalue weighted by Crippen LogP contribution is -2.60. The molecule has 0 aromatic carbocycles. The van der Waals surface area contributed by atoms with Gasteiger partial charge in [0.15, 0.2) is 0 Å². The highest BCUT2D eigenvalue weighted by Gasteiger charge is 2.39. The first-order valence-corrected chi connectivity index (χ1v) is 4.41. The highest BCUT2D eigenvalue weighted by Crippen LogP contribution is 2.15. The lowest BCUT2D eigenvalue weighted by Gasteiger charge is -2.39. The van der Waals surface area contributed by atoms with Gasteiger partial charge in [0.25, 0.3) is 0 Å². The second kappa shape index (κ2) is 4.04. The van der Waals surface area contributed by atoms with E-state index in [1.54, 1.807) is 11.8 Å². The van der Waals surface area contributed by atoms with Gasteiger partial charge in [0.05, 0.1) is 6.61 Å². The average molecular weight is 188 g/mol. The molecule has 0 aromatic heterocycles. The van der Waals surface area contributed by atoms with Crippen LogP contribution in [0.5, 0.6) is 0 Å². The first kappa shape index (κ1) is 10.4. The fourth-order valence-electron chi connectivity index (χ4n) is 1.46. The van der Waals surface area contributed by atoms with E-state index in [0.29, 0.717) is 13.1 Å². The summed E-state index contributed by atoms with van der Waals surface area (Å²) in [6.45, 7) is 4.11. The van der Waals surface area contributed by atoms with Crippen LogP contribution in [0, 0.1) is 0 Å². The molecule has 1 unspecified atom stereocenters. The third-order valence-corrected chi connectivity index (χ3v) is 2.58. The number of hydrogen-bond acceptors (Lipinski definition) is 4. The van der Waals surface area contributed by atoms with Crippen molar-refractivity contribution in [3.8, 4) is 0 Å². The van der Waals surface area contributed by atoms with Crippen molar-refractivity contribution in [3.63, 3.8) is 0 Å². The van der Waals surface area contributed by atoms with Crippen LogP contribution in [0.2, 0.25) is 0 Å². The fourth-order valence-corrected chi connectivity index (χ4v) is 1.46. The van der Waals surface area contributed by atoms with E-state index in [-0.39, 0.29) is 6.61 Å². The third kappa shape index (κ3) is 1.99. The smallest absolute Gasteiger partial charge is 0.326 e. The van der Waals surface area contributed by atoms with Crippen LogP contribution in [0.1, 0.15) is 6.92 Å². The second-order valence-electron chi connectivity index (χ2n) is 3.47. The number of carboxylic acids is 1. The molecule has 1 rings (SSSR count). The number of aliphatic hydroxyl groups excluding tert-OH is 1. The lowest BCUT2D eigenvalue weighted by molar-refractivity contribution is -0.153. The van der Waals surface area contributed by atoms with Gasteiger partial charge in [0.2, 0.25) is 0 Å². The summed E-state index contributed by atoms with van der Waals surface area (Å²) in [7, 11) is 0. The topological polar surface area (TPSA) is 72.8 Å². The Balaban J connectivity index is 2.68. The molecule has 0 radical (unpaired) electrons. The molecular weight excluding hydrogens is 172 g/mol. The van der Waals surface area contributed by atoms with Gasteiger partial charge >= 0.3 is 5.97 Å². The maximum atomic E-state index is 10.9. The molecule has 0 aliphatic carbocycles. The molecule has 1 aliphatic heterocycles. The summed E-state index contributed by atoms with van der Waals surface area (Å²) in [4.78, 5) is 12.7. The predicted molar refractivity (Wildman–Crippen MR) is 47.6 cm³/mol. The minimum absolute atomic E-state index is 0.345. The molecule has 76 valence electrons. The number of nitrogens with one attached hydrogen (secondary N) is 1. The van der Waals surface area contributed by atoms with Gasteiger partial charge in [-0.25, -0.2) is 0 Å². The molecule has 5 heteroatoms. The van der Waals surface area contributed by atoms with Crippen molar-refractivity contribution < 1.29 is 15.0 Å². The Kier molecular flexibility index (Phi) is 3.24. The zero-order valence-corrected chi connectivity index (χ0v) is 7.79. The second-order valence-corrected chi connectivity index (χ2v) is 3.47. The molecule has 13 heavy (non-hydrogen) atoms. The van der Waals surface area contributed by atoms with Crippen molar-refractivity contribution in [1.82, 2.24) is 10.2 Å². The summed E-state index contributed by atoms with van der Waals surface area (Å²) >= 11 is 0. The number of carbonyl (C=O) groups is 1. The molecule has 0 bridgehead atoms. The van der Waals surface area contributed by atoms with E-state index < -0.39 is 11.5 Å². The molecule has 1 heterocycles. The van der Waals surface area contributed by atoms with Gasteiger partial charge in [-0.2, -0.15) is 0 Å². The molecule has 0 spiro atoms. The van der Waals surface area contributed by atoms with Crippen molar-refractivity contribution in [2.45, 2.75) is 12.5 Å². The Morgan fingerprint density at radius 1 is 1.54 bits per heavy atom. The van der Waals surface area contributed by atoms with E-state index in [1.807, 2.05) is 0 Å². The van der Waals surface area contributed by atoms with Gasteiger partial charge in [-0.15, -0.1) is 0 Å². The van der Waals surface area contributed by atoms with E-state index in [4.69, 9.17) is 10.2 Å². The summed E-state index contributed by atoms with van der Waals surface area (Å²) in [5, 5.41) is 21.2. The molecule has 1 fully saturated rings. The molecule has 0 saturated carbocycles. The quantitative estimate of drug-likeness (QED) is 0.515. The van der Waals surface area contributed by atoms with Gasteiger partial charge in [-0.1, -0.05) is 0 Å². The SMILES string of the molecule is CC(CO)(C(=O)O)N1CCNCC1. The van der Waals surface area contributed by atoms with Crippen LogP contribution in [0.3, 0.4) is 0 Å². The molecular formula is C8H16N2O3. The van der Waals surface area contributed by atoms with E-state index in [1.165, 1.54) is 0 Å². The van der Waals surface area contributed by atoms with Crippen LogP contribution in [0.25, 0.3) is 0 Å². The first-order chi connectivity index (χ1) is 6.11. The number of rotatable bonds is 3. The van der Waals surface area contributed by atoms with E-state index >= 15 is 0 Å². The van der Waals surface area contributed by atoms with Crippen molar-refractivity contribution in [2.24, 2.45) is 0 Å². The first-order valence-electron chi connectivity index (χ1n) is 4.41. The minimum Gasteiger partial charge on any atom is -0.480 e. The minimum atomic E-state index is -1.12. The van der Waals surface area contributed by atoms with Gasteiger partial charge in [-0.05, 0) is 6.92 Å². The normalized spacial score (nSPS) is 23.8. The predicted octanol–water partition coefficient (Wildman–Crippen LogP) is -1.27. The number of hydrogen-bond donors (Lipinski definition) is 3. The van der Waals surface area contributed by atoms with Crippen molar-refractivity contribution in [3.05, 3.63) is 0 Å². The third-order valence-electron chi connectivity index (χ3n) is 2.58. The van der Waals surface area contributed by atoms with E-state index in [2.05, 4.69) is 5.32 Å². The van der Waals surface area contributed by atoms with E-state index in [9.17, 15) is 4.79 Å². The molecule has 1 saturated heterocycles. The van der Waals surface area contributed by atoms with Crippen LogP contribution in [0.15, 0.2) is 0 Å². The summed E-state index contributed by atoms with van der Waals surface area (Å²) in [6, 6.07) is 0. The molecule has 0 amide bonds. The maximum Gasteiger partial charge on any atom is 0.326 e. The standard InChI is InChI=1S/C8H16N2O3/c1-8(6-11,7(12)13)10-4-2-9-3-5-10/h9,11H,2-6H2,1H3,(H,12,13). The highest BCUT2D eigenvalue weighted by molar-refractivity contribution is 5.78. The monoisotopic (exact) mass is 188 g/mol. The zero-order chi connectivity index (χ0) is 9.90. The number of aliphatic hydroxyl groups is 1. The van der Waals surface area contributed by atoms with E-state index in [0.717, 1.165) is 13.1 Å². The highest BCUT2D eigenvalue weighted by atomic mass is 16.4. The van der Waals surface area contributed by atoms with Crippen LogP contribution in [-0.2, 0) is 4.79 Å². The molecule has 1 aliphatic rings. The van der Waals surface area contributed by atoms with Crippen LogP contribution in [-0.4, -0.2) is 59.4 Å². The maximum absolute atomic E-state index is 10.9. The Morgan fingerprint density at radius 2 is 2.08 bits per heavy atom. The molecule has 3 N–H and O–H groups in total. The zero-order valence-electron chi connectivity index (χ0n) is 7.79. The molecule has 0 aromatic rings. The fraction of sp³-hybridized carbons (Fsp3) is 0.875. The Bertz CT molecular complexity index is 192. The summed E-state index contributed by atoms with van der Waals surface area (Å²) in [5.74, 6) is -0.961. The molecule has 5 nitrogen and oxygen atoms in total. The molecule has 1 atom stereocenters. The largest absolute Gasteiger partial charge is 0.480 e. The van der Waals surface area contributed by atoms with Gasteiger partial charge in [0.1, 0.15) is 5.54 Å². The van der Waals surface area contributed by atoms with Gasteiger partial charge in [-0.3, -0.25) is 9.69 Å². The van der Waals surface area contributed by atoms with Crippen molar-refractivity contribution in [2.75, 3.05) is 32.8 Å².